The molecule has 2 aliphatic heterocycles. The lowest BCUT2D eigenvalue weighted by Gasteiger charge is -2.26. The minimum atomic E-state index is -0.0233. The van der Waals surface area contributed by atoms with E-state index in [-0.39, 0.29) is 17.7 Å². The second kappa shape index (κ2) is 11.9. The molecule has 178 valence electrons. The molecule has 0 spiro atoms. The second-order valence-electron chi connectivity index (χ2n) is 9.00. The zero-order chi connectivity index (χ0) is 22.9. The number of amides is 2. The van der Waals surface area contributed by atoms with Gasteiger partial charge >= 0.3 is 0 Å². The van der Waals surface area contributed by atoms with E-state index in [1.807, 2.05) is 17.0 Å². The number of carbonyl (C=O) groups is 2. The van der Waals surface area contributed by atoms with Crippen molar-refractivity contribution in [3.05, 3.63) is 30.4 Å². The average Bonchev–Trinajstić information content (AvgIpc) is 3.16. The van der Waals surface area contributed by atoms with Gasteiger partial charge in [-0.1, -0.05) is 18.0 Å². The lowest BCUT2D eigenvalue weighted by atomic mass is 9.99. The van der Waals surface area contributed by atoms with Gasteiger partial charge in [0.25, 0.3) is 0 Å². The molecule has 0 radical (unpaired) electrons. The Labute approximate surface area is 194 Å². The first kappa shape index (κ1) is 23.4. The van der Waals surface area contributed by atoms with Gasteiger partial charge in [-0.25, -0.2) is 0 Å². The Bertz CT molecular complexity index is 895. The molecule has 1 unspecified atom stereocenters. The molecule has 9 nitrogen and oxygen atoms in total. The van der Waals surface area contributed by atoms with Gasteiger partial charge in [0.15, 0.2) is 0 Å². The van der Waals surface area contributed by atoms with Crippen LogP contribution >= 0.6 is 0 Å². The summed E-state index contributed by atoms with van der Waals surface area (Å²) in [6, 6.07) is 3.73. The molecule has 1 N–H and O–H groups in total. The van der Waals surface area contributed by atoms with Gasteiger partial charge in [0.05, 0.1) is 6.54 Å². The Morgan fingerprint density at radius 1 is 1.09 bits per heavy atom. The van der Waals surface area contributed by atoms with Crippen LogP contribution in [0.2, 0.25) is 0 Å². The normalized spacial score (nSPS) is 21.6. The van der Waals surface area contributed by atoms with Gasteiger partial charge in [0.1, 0.15) is 0 Å². The Kier molecular flexibility index (Phi) is 8.41. The molecule has 2 aromatic rings. The van der Waals surface area contributed by atoms with Crippen molar-refractivity contribution in [2.75, 3.05) is 39.3 Å². The molecule has 0 saturated carbocycles. The van der Waals surface area contributed by atoms with E-state index in [0.717, 1.165) is 50.8 Å². The molecule has 2 saturated heterocycles. The van der Waals surface area contributed by atoms with Crippen LogP contribution in [0.3, 0.4) is 0 Å². The molecule has 2 fully saturated rings. The van der Waals surface area contributed by atoms with E-state index >= 15 is 0 Å². The summed E-state index contributed by atoms with van der Waals surface area (Å²) < 4.78 is 5.58. The van der Waals surface area contributed by atoms with Crippen LogP contribution in [0.25, 0.3) is 11.4 Å². The minimum Gasteiger partial charge on any atom is -0.356 e. The van der Waals surface area contributed by atoms with Crippen molar-refractivity contribution in [1.29, 1.82) is 0 Å². The molecular weight excluding hydrogens is 420 g/mol. The maximum absolute atomic E-state index is 13.1. The molecule has 0 aromatic carbocycles. The fraction of sp³-hybridized carbons (Fsp3) is 0.625. The van der Waals surface area contributed by atoms with Crippen LogP contribution in [0.5, 0.6) is 0 Å². The average molecular weight is 455 g/mol. The molecule has 0 aliphatic carbocycles. The predicted molar refractivity (Wildman–Crippen MR) is 123 cm³/mol. The van der Waals surface area contributed by atoms with Crippen LogP contribution in [0, 0.1) is 0 Å². The van der Waals surface area contributed by atoms with Crippen molar-refractivity contribution in [2.45, 2.75) is 57.3 Å². The molecule has 4 heterocycles. The summed E-state index contributed by atoms with van der Waals surface area (Å²) in [6.07, 6.45) is 10.9. The number of aromatic nitrogens is 3. The first-order valence-electron chi connectivity index (χ1n) is 12.2. The highest BCUT2D eigenvalue weighted by atomic mass is 16.5. The van der Waals surface area contributed by atoms with E-state index in [4.69, 9.17) is 4.52 Å². The SMILES string of the molecule is O=C1CCN(C(=O)CN2CCCCCC2)CCCC(c2nc(-c3cccnc3)no2)CCN1. The van der Waals surface area contributed by atoms with E-state index in [2.05, 4.69) is 25.3 Å². The van der Waals surface area contributed by atoms with Gasteiger partial charge in [-0.05, 0) is 57.3 Å². The summed E-state index contributed by atoms with van der Waals surface area (Å²) in [5.74, 6) is 1.22. The van der Waals surface area contributed by atoms with Crippen LogP contribution in [-0.2, 0) is 9.59 Å². The molecule has 2 aliphatic rings. The molecule has 33 heavy (non-hydrogen) atoms. The number of nitrogens with one attached hydrogen (secondary N) is 1. The lowest BCUT2D eigenvalue weighted by molar-refractivity contribution is -0.133. The summed E-state index contributed by atoms with van der Waals surface area (Å²) >= 11 is 0. The number of hydrogen-bond donors (Lipinski definition) is 1. The zero-order valence-corrected chi connectivity index (χ0v) is 19.2. The summed E-state index contributed by atoms with van der Waals surface area (Å²) in [6.45, 7) is 4.07. The van der Waals surface area contributed by atoms with Crippen molar-refractivity contribution >= 4 is 11.8 Å². The van der Waals surface area contributed by atoms with Gasteiger partial charge in [-0.2, -0.15) is 4.98 Å². The van der Waals surface area contributed by atoms with Crippen LogP contribution < -0.4 is 5.32 Å². The fourth-order valence-electron chi connectivity index (χ4n) is 4.59. The van der Waals surface area contributed by atoms with E-state index in [1.54, 1.807) is 12.4 Å². The molecule has 9 heteroatoms. The van der Waals surface area contributed by atoms with Gasteiger partial charge in [0.2, 0.25) is 23.5 Å². The van der Waals surface area contributed by atoms with E-state index in [0.29, 0.717) is 44.3 Å². The Balaban J connectivity index is 1.39. The van der Waals surface area contributed by atoms with Crippen LogP contribution in [0.4, 0.5) is 0 Å². The fourth-order valence-corrected chi connectivity index (χ4v) is 4.59. The largest absolute Gasteiger partial charge is 0.356 e. The predicted octanol–water partition coefficient (Wildman–Crippen LogP) is 2.61. The topological polar surface area (TPSA) is 104 Å². The van der Waals surface area contributed by atoms with Crippen LogP contribution in [0.15, 0.2) is 29.0 Å². The Morgan fingerprint density at radius 2 is 1.94 bits per heavy atom. The highest BCUT2D eigenvalue weighted by molar-refractivity contribution is 5.80. The maximum Gasteiger partial charge on any atom is 0.236 e. The van der Waals surface area contributed by atoms with E-state index in [9.17, 15) is 9.59 Å². The quantitative estimate of drug-likeness (QED) is 0.757. The maximum atomic E-state index is 13.1. The Morgan fingerprint density at radius 3 is 2.73 bits per heavy atom. The molecule has 1 atom stereocenters. The van der Waals surface area contributed by atoms with Crippen molar-refractivity contribution in [3.63, 3.8) is 0 Å². The molecular formula is C24H34N6O3. The zero-order valence-electron chi connectivity index (χ0n) is 19.2. The summed E-state index contributed by atoms with van der Waals surface area (Å²) in [4.78, 5) is 38.2. The number of rotatable bonds is 4. The molecule has 4 rings (SSSR count). The van der Waals surface area contributed by atoms with Crippen molar-refractivity contribution < 1.29 is 14.1 Å². The summed E-state index contributed by atoms with van der Waals surface area (Å²) in [5, 5.41) is 7.10. The van der Waals surface area contributed by atoms with Gasteiger partial charge in [-0.3, -0.25) is 19.5 Å². The van der Waals surface area contributed by atoms with Gasteiger partial charge in [0, 0.05) is 49.9 Å². The van der Waals surface area contributed by atoms with E-state index in [1.165, 1.54) is 12.8 Å². The standard InChI is InChI=1S/C24H34N6O3/c31-21-10-16-30(22(32)18-29-13-3-1-2-4-14-29)15-6-8-19(9-12-26-21)24-27-23(28-33-24)20-7-5-11-25-17-20/h5,7,11,17,19H,1-4,6,8-10,12-16,18H2,(H,26,31). The number of nitrogens with zero attached hydrogens (tertiary/aromatic N) is 5. The molecule has 2 aromatic heterocycles. The number of hydrogen-bond acceptors (Lipinski definition) is 7. The highest BCUT2D eigenvalue weighted by Crippen LogP contribution is 2.26. The van der Waals surface area contributed by atoms with E-state index < -0.39 is 0 Å². The molecule has 2 amide bonds. The minimum absolute atomic E-state index is 0.0233. The van der Waals surface area contributed by atoms with Crippen molar-refractivity contribution in [3.8, 4) is 11.4 Å². The van der Waals surface area contributed by atoms with Crippen molar-refractivity contribution in [2.24, 2.45) is 0 Å². The number of pyridine rings is 1. The molecule has 0 bridgehead atoms. The van der Waals surface area contributed by atoms with Crippen molar-refractivity contribution in [1.82, 2.24) is 30.2 Å². The third-order valence-electron chi connectivity index (χ3n) is 6.53. The second-order valence-corrected chi connectivity index (χ2v) is 9.00. The van der Waals surface area contributed by atoms with Gasteiger partial charge < -0.3 is 14.7 Å². The summed E-state index contributed by atoms with van der Waals surface area (Å²) in [7, 11) is 0. The summed E-state index contributed by atoms with van der Waals surface area (Å²) in [5.41, 5.74) is 0.808. The van der Waals surface area contributed by atoms with Crippen LogP contribution in [0.1, 0.15) is 63.2 Å². The Hall–Kier alpha value is -2.81. The first-order chi connectivity index (χ1) is 16.2. The number of carbonyl (C=O) groups excluding carboxylic acids is 2. The number of likely N-dealkylation sites (tertiary alicyclic amines) is 1. The lowest BCUT2D eigenvalue weighted by Crippen LogP contribution is -2.42. The third kappa shape index (κ3) is 6.83. The van der Waals surface area contributed by atoms with Gasteiger partial charge in [-0.15, -0.1) is 0 Å². The monoisotopic (exact) mass is 454 g/mol. The smallest absolute Gasteiger partial charge is 0.236 e. The van der Waals surface area contributed by atoms with Crippen LogP contribution in [-0.4, -0.2) is 76.0 Å². The highest BCUT2D eigenvalue weighted by Gasteiger charge is 2.24. The third-order valence-corrected chi connectivity index (χ3v) is 6.53. The first-order valence-corrected chi connectivity index (χ1v) is 12.2.